The fourth-order valence-electron chi connectivity index (χ4n) is 3.81. The molecule has 1 aromatic heterocycles. The average Bonchev–Trinajstić information content (AvgIpc) is 2.84. The predicted octanol–water partition coefficient (Wildman–Crippen LogP) is 2.18. The third-order valence-corrected chi connectivity index (χ3v) is 4.86. The summed E-state index contributed by atoms with van der Waals surface area (Å²) >= 11 is 0. The van der Waals surface area contributed by atoms with Crippen molar-refractivity contribution in [3.05, 3.63) is 29.6 Å². The third-order valence-electron chi connectivity index (χ3n) is 4.86. The Kier molecular flexibility index (Phi) is 4.54. The molecule has 4 nitrogen and oxygen atoms in total. The van der Waals surface area contributed by atoms with Crippen LogP contribution in [-0.2, 0) is 17.8 Å². The van der Waals surface area contributed by atoms with Crippen LogP contribution in [0.5, 0.6) is 0 Å². The summed E-state index contributed by atoms with van der Waals surface area (Å²) in [6.07, 6.45) is 8.32. The van der Waals surface area contributed by atoms with Gasteiger partial charge in [0.2, 0.25) is 5.91 Å². The number of rotatable bonds is 5. The molecule has 2 saturated heterocycles. The summed E-state index contributed by atoms with van der Waals surface area (Å²) in [5.74, 6) is 0.729. The number of hydrogen-bond acceptors (Lipinski definition) is 3. The van der Waals surface area contributed by atoms with Crippen molar-refractivity contribution in [3.8, 4) is 0 Å². The first-order valence-electron chi connectivity index (χ1n) is 8.20. The van der Waals surface area contributed by atoms with Gasteiger partial charge in [-0.15, -0.1) is 0 Å². The zero-order valence-electron chi connectivity index (χ0n) is 12.8. The van der Waals surface area contributed by atoms with Crippen molar-refractivity contribution in [1.82, 2.24) is 15.6 Å². The quantitative estimate of drug-likeness (QED) is 0.873. The Morgan fingerprint density at radius 3 is 2.86 bits per heavy atom. The van der Waals surface area contributed by atoms with Crippen LogP contribution in [-0.4, -0.2) is 23.0 Å². The molecule has 0 aliphatic carbocycles. The van der Waals surface area contributed by atoms with Crippen molar-refractivity contribution in [2.75, 3.05) is 0 Å². The highest BCUT2D eigenvalue weighted by Crippen LogP contribution is 2.32. The molecule has 2 atom stereocenters. The Balaban J connectivity index is 1.48. The number of hydrogen-bond donors (Lipinski definition) is 2. The van der Waals surface area contributed by atoms with Crippen LogP contribution >= 0.6 is 0 Å². The summed E-state index contributed by atoms with van der Waals surface area (Å²) in [4.78, 5) is 16.5. The molecule has 3 rings (SSSR count). The number of aromatic nitrogens is 1. The van der Waals surface area contributed by atoms with Crippen molar-refractivity contribution >= 4 is 5.91 Å². The maximum atomic E-state index is 12.2. The smallest absolute Gasteiger partial charge is 0.220 e. The Morgan fingerprint density at radius 2 is 2.14 bits per heavy atom. The van der Waals surface area contributed by atoms with Crippen LogP contribution in [0.15, 0.2) is 18.3 Å². The minimum atomic E-state index is 0.175. The lowest BCUT2D eigenvalue weighted by Gasteiger charge is -2.28. The van der Waals surface area contributed by atoms with Crippen molar-refractivity contribution in [2.45, 2.75) is 64.1 Å². The maximum Gasteiger partial charge on any atom is 0.220 e. The maximum absolute atomic E-state index is 12.2. The number of piperidine rings is 1. The van der Waals surface area contributed by atoms with E-state index < -0.39 is 0 Å². The Labute approximate surface area is 126 Å². The lowest BCUT2D eigenvalue weighted by Crippen LogP contribution is -2.39. The number of carbonyl (C=O) groups is 1. The molecule has 2 fully saturated rings. The summed E-state index contributed by atoms with van der Waals surface area (Å²) in [6.45, 7) is 2.67. The fraction of sp³-hybridized carbons (Fsp3) is 0.647. The topological polar surface area (TPSA) is 54.0 Å². The molecule has 0 spiro atoms. The van der Waals surface area contributed by atoms with Crippen molar-refractivity contribution < 1.29 is 4.79 Å². The number of fused-ring (bicyclic) bond motifs is 2. The standard InChI is InChI=1S/C17H25N3O/c1-2-13-4-3-7-18-16(13)11-19-17(21)10-12-8-14-5-6-15(9-12)20-14/h3-4,7,12,14-15,20H,2,5-6,8-11H2,1H3,(H,19,21). The van der Waals surface area contributed by atoms with E-state index in [9.17, 15) is 4.79 Å². The van der Waals surface area contributed by atoms with Crippen LogP contribution in [0.2, 0.25) is 0 Å². The Morgan fingerprint density at radius 1 is 1.38 bits per heavy atom. The number of amides is 1. The Hall–Kier alpha value is -1.42. The molecular formula is C17H25N3O. The molecule has 2 N–H and O–H groups in total. The first kappa shape index (κ1) is 14.5. The van der Waals surface area contributed by atoms with Crippen LogP contribution < -0.4 is 10.6 Å². The van der Waals surface area contributed by atoms with E-state index in [1.54, 1.807) is 6.20 Å². The summed E-state index contributed by atoms with van der Waals surface area (Å²) in [5.41, 5.74) is 2.22. The van der Waals surface area contributed by atoms with Gasteiger partial charge < -0.3 is 10.6 Å². The molecule has 2 aliphatic rings. The lowest BCUT2D eigenvalue weighted by molar-refractivity contribution is -0.122. The number of pyridine rings is 1. The Bertz CT molecular complexity index is 491. The van der Waals surface area contributed by atoms with Gasteiger partial charge in [-0.3, -0.25) is 9.78 Å². The first-order chi connectivity index (χ1) is 10.2. The summed E-state index contributed by atoms with van der Waals surface area (Å²) in [5, 5.41) is 6.67. The van der Waals surface area contributed by atoms with Gasteiger partial charge >= 0.3 is 0 Å². The molecule has 4 heteroatoms. The molecule has 0 aromatic carbocycles. The molecule has 3 heterocycles. The van der Waals surface area contributed by atoms with Crippen LogP contribution in [0.4, 0.5) is 0 Å². The van der Waals surface area contributed by atoms with Crippen LogP contribution in [0.1, 0.15) is 50.3 Å². The lowest BCUT2D eigenvalue weighted by atomic mass is 9.89. The third kappa shape index (κ3) is 3.62. The predicted molar refractivity (Wildman–Crippen MR) is 82.7 cm³/mol. The highest BCUT2D eigenvalue weighted by Gasteiger charge is 2.34. The molecule has 2 aliphatic heterocycles. The summed E-state index contributed by atoms with van der Waals surface area (Å²) < 4.78 is 0. The number of carbonyl (C=O) groups excluding carboxylic acids is 1. The van der Waals surface area contributed by atoms with Gasteiger partial charge in [-0.1, -0.05) is 13.0 Å². The van der Waals surface area contributed by atoms with Gasteiger partial charge in [0.05, 0.1) is 12.2 Å². The molecule has 21 heavy (non-hydrogen) atoms. The van der Waals surface area contributed by atoms with Crippen molar-refractivity contribution in [3.63, 3.8) is 0 Å². The second-order valence-electron chi connectivity index (χ2n) is 6.42. The molecular weight excluding hydrogens is 262 g/mol. The van der Waals surface area contributed by atoms with E-state index >= 15 is 0 Å². The van der Waals surface area contributed by atoms with E-state index in [1.807, 2.05) is 6.07 Å². The summed E-state index contributed by atoms with van der Waals surface area (Å²) in [6, 6.07) is 5.35. The van der Waals surface area contributed by atoms with Gasteiger partial charge in [-0.25, -0.2) is 0 Å². The van der Waals surface area contributed by atoms with Gasteiger partial charge in [-0.2, -0.15) is 0 Å². The zero-order chi connectivity index (χ0) is 14.7. The van der Waals surface area contributed by atoms with Crippen LogP contribution in [0.25, 0.3) is 0 Å². The van der Waals surface area contributed by atoms with Gasteiger partial charge in [0.15, 0.2) is 0 Å². The minimum absolute atomic E-state index is 0.175. The monoisotopic (exact) mass is 287 g/mol. The van der Waals surface area contributed by atoms with Crippen molar-refractivity contribution in [1.29, 1.82) is 0 Å². The first-order valence-corrected chi connectivity index (χ1v) is 8.20. The largest absolute Gasteiger partial charge is 0.350 e. The van der Waals surface area contributed by atoms with Crippen LogP contribution in [0, 0.1) is 5.92 Å². The normalized spacial score (nSPS) is 27.6. The van der Waals surface area contributed by atoms with E-state index in [2.05, 4.69) is 28.6 Å². The minimum Gasteiger partial charge on any atom is -0.350 e. The zero-order valence-corrected chi connectivity index (χ0v) is 12.8. The van der Waals surface area contributed by atoms with E-state index in [-0.39, 0.29) is 5.91 Å². The fourth-order valence-corrected chi connectivity index (χ4v) is 3.81. The van der Waals surface area contributed by atoms with Gasteiger partial charge in [0, 0.05) is 24.7 Å². The molecule has 114 valence electrons. The molecule has 0 saturated carbocycles. The molecule has 2 unspecified atom stereocenters. The molecule has 1 aromatic rings. The van der Waals surface area contributed by atoms with Gasteiger partial charge in [-0.05, 0) is 49.7 Å². The second kappa shape index (κ2) is 6.56. The van der Waals surface area contributed by atoms with E-state index in [0.717, 1.165) is 25.0 Å². The number of aryl methyl sites for hydroxylation is 1. The van der Waals surface area contributed by atoms with Crippen LogP contribution in [0.3, 0.4) is 0 Å². The van der Waals surface area contributed by atoms with Gasteiger partial charge in [0.1, 0.15) is 0 Å². The van der Waals surface area contributed by atoms with E-state index in [1.165, 1.54) is 18.4 Å². The van der Waals surface area contributed by atoms with Crippen molar-refractivity contribution in [2.24, 2.45) is 5.92 Å². The summed E-state index contributed by atoms with van der Waals surface area (Å²) in [7, 11) is 0. The van der Waals surface area contributed by atoms with Gasteiger partial charge in [0.25, 0.3) is 0 Å². The SMILES string of the molecule is CCc1cccnc1CNC(=O)CC1CC2CCC(C1)N2. The van der Waals surface area contributed by atoms with E-state index in [0.29, 0.717) is 31.0 Å². The van der Waals surface area contributed by atoms with E-state index in [4.69, 9.17) is 0 Å². The second-order valence-corrected chi connectivity index (χ2v) is 6.42. The highest BCUT2D eigenvalue weighted by molar-refractivity contribution is 5.76. The molecule has 2 bridgehead atoms. The number of nitrogens with zero attached hydrogens (tertiary/aromatic N) is 1. The number of nitrogens with one attached hydrogen (secondary N) is 2. The molecule has 1 amide bonds. The highest BCUT2D eigenvalue weighted by atomic mass is 16.1. The molecule has 0 radical (unpaired) electrons. The average molecular weight is 287 g/mol.